The van der Waals surface area contributed by atoms with Crippen molar-refractivity contribution in [2.75, 3.05) is 47.5 Å². The van der Waals surface area contributed by atoms with Crippen molar-refractivity contribution in [1.82, 2.24) is 0 Å². The van der Waals surface area contributed by atoms with Gasteiger partial charge in [-0.3, -0.25) is 9.59 Å². The molecule has 0 fully saturated rings. The number of aliphatic carboxylic acids is 1. The summed E-state index contributed by atoms with van der Waals surface area (Å²) in [5.74, 6) is -2.30. The summed E-state index contributed by atoms with van der Waals surface area (Å²) in [6.07, 6.45) is 60.8. The highest BCUT2D eigenvalue weighted by atomic mass is 16.7. The number of carbonyl (C=O) groups excluding carboxylic acids is 3. The number of likely N-dealkylation sites (N-methyl/N-ethyl adjacent to an activating group) is 1. The highest BCUT2D eigenvalue weighted by Crippen LogP contribution is 2.15. The first kappa shape index (κ1) is 64.7. The zero-order valence-electron chi connectivity index (χ0n) is 44.5. The molecule has 0 rings (SSSR count). The Morgan fingerprint density at radius 2 is 0.838 bits per heavy atom. The molecule has 0 aromatic heterocycles. The number of carbonyl (C=O) groups is 3. The number of quaternary nitrogens is 1. The quantitative estimate of drug-likeness (QED) is 0.0195. The Balaban J connectivity index is 4.29. The van der Waals surface area contributed by atoms with Crippen LogP contribution in [0.15, 0.2) is 72.9 Å². The Kier molecular flexibility index (Phi) is 47.7. The molecule has 9 nitrogen and oxygen atoms in total. The molecule has 0 spiro atoms. The number of rotatable bonds is 50. The number of allylic oxidation sites excluding steroid dienone is 12. The van der Waals surface area contributed by atoms with Gasteiger partial charge in [0.05, 0.1) is 40.3 Å². The summed E-state index contributed by atoms with van der Waals surface area (Å²) in [4.78, 5) is 37.2. The summed E-state index contributed by atoms with van der Waals surface area (Å²) in [6.45, 7) is 4.61. The molecule has 9 heteroatoms. The molecule has 0 heterocycles. The van der Waals surface area contributed by atoms with Gasteiger partial charge in [-0.25, -0.2) is 0 Å². The number of unbranched alkanes of at least 4 members (excludes halogenated alkanes) is 23. The molecule has 2 atom stereocenters. The van der Waals surface area contributed by atoms with Crippen molar-refractivity contribution in [1.29, 1.82) is 0 Å². The van der Waals surface area contributed by atoms with Gasteiger partial charge in [0.25, 0.3) is 0 Å². The number of carboxylic acids is 1. The van der Waals surface area contributed by atoms with E-state index in [0.717, 1.165) is 83.5 Å². The predicted molar refractivity (Wildman–Crippen MR) is 283 cm³/mol. The van der Waals surface area contributed by atoms with Gasteiger partial charge in [0, 0.05) is 12.8 Å². The Morgan fingerprint density at radius 3 is 1.25 bits per heavy atom. The van der Waals surface area contributed by atoms with Crippen LogP contribution in [-0.4, -0.2) is 82.3 Å². The third kappa shape index (κ3) is 50.6. The second-order valence-corrected chi connectivity index (χ2v) is 19.5. The van der Waals surface area contributed by atoms with Crippen molar-refractivity contribution < 1.29 is 42.9 Å². The maximum Gasteiger partial charge on any atom is 0.306 e. The van der Waals surface area contributed by atoms with Crippen LogP contribution in [-0.2, 0) is 33.3 Å². The lowest BCUT2D eigenvalue weighted by atomic mass is 10.0. The molecule has 0 aliphatic heterocycles. The normalized spacial score (nSPS) is 13.4. The average Bonchev–Trinajstić information content (AvgIpc) is 3.30. The van der Waals surface area contributed by atoms with Crippen LogP contribution in [0.4, 0.5) is 0 Å². The van der Waals surface area contributed by atoms with E-state index >= 15 is 0 Å². The van der Waals surface area contributed by atoms with Gasteiger partial charge in [-0.05, 0) is 83.5 Å². The summed E-state index contributed by atoms with van der Waals surface area (Å²) in [7, 11) is 5.91. The molecule has 0 aromatic rings. The van der Waals surface area contributed by atoms with Gasteiger partial charge in [0.1, 0.15) is 13.2 Å². The molecule has 0 N–H and O–H groups in total. The number of hydrogen-bond donors (Lipinski definition) is 0. The van der Waals surface area contributed by atoms with Gasteiger partial charge in [-0.2, -0.15) is 0 Å². The SMILES string of the molecule is CC/C=C\C/C=C\C/C=C\C/C=C\CCCCCCCCCCCCCCC(=O)OC(COC(=O)CCCCCCCCC/C=C\C/C=C\CCCCCC)COC(OCC[N+](C)(C)C)C(=O)[O-]. The number of carboxylic acid groups (broad SMARTS) is 1. The first-order chi connectivity index (χ1) is 33.1. The standard InChI is InChI=1S/C59H103NO8/c1-6-8-10-12-14-16-18-20-22-24-26-27-28-29-30-31-32-34-36-38-40-42-44-46-48-50-57(62)68-55(54-67-59(58(63)64)65-52-51-60(3,4)5)53-66-56(61)49-47-45-43-41-39-37-35-33-25-23-21-19-17-15-13-11-9-7-2/h8,10,14,16-17,19-20,22-23,25-27,55,59H,6-7,9,11-13,15,18,21,24,28-54H2,1-5H3/b10-8-,16-14-,19-17-,22-20-,25-23-,27-26-. The zero-order chi connectivity index (χ0) is 49.9. The van der Waals surface area contributed by atoms with Crippen molar-refractivity contribution in [3.63, 3.8) is 0 Å². The number of esters is 2. The molecular formula is C59H103NO8. The molecule has 0 radical (unpaired) electrons. The Morgan fingerprint density at radius 1 is 0.456 bits per heavy atom. The van der Waals surface area contributed by atoms with Crippen LogP contribution < -0.4 is 5.11 Å². The molecule has 0 aliphatic carbocycles. The van der Waals surface area contributed by atoms with E-state index in [4.69, 9.17) is 18.9 Å². The lowest BCUT2D eigenvalue weighted by Crippen LogP contribution is -2.44. The fourth-order valence-electron chi connectivity index (χ4n) is 7.44. The number of ether oxygens (including phenoxy) is 4. The van der Waals surface area contributed by atoms with E-state index in [2.05, 4.69) is 86.8 Å². The van der Waals surface area contributed by atoms with Crippen LogP contribution >= 0.6 is 0 Å². The predicted octanol–water partition coefficient (Wildman–Crippen LogP) is 14.5. The molecule has 0 saturated carbocycles. The van der Waals surface area contributed by atoms with E-state index in [1.807, 2.05) is 21.1 Å². The summed E-state index contributed by atoms with van der Waals surface area (Å²) in [5.41, 5.74) is 0. The molecule has 68 heavy (non-hydrogen) atoms. The molecule has 0 aliphatic rings. The van der Waals surface area contributed by atoms with E-state index in [-0.39, 0.29) is 38.6 Å². The van der Waals surface area contributed by atoms with E-state index in [1.54, 1.807) is 0 Å². The maximum atomic E-state index is 12.8. The van der Waals surface area contributed by atoms with Crippen molar-refractivity contribution in [3.8, 4) is 0 Å². The zero-order valence-corrected chi connectivity index (χ0v) is 44.5. The van der Waals surface area contributed by atoms with Crippen LogP contribution in [0, 0.1) is 0 Å². The van der Waals surface area contributed by atoms with Crippen LogP contribution in [0.1, 0.15) is 226 Å². The molecule has 0 aromatic carbocycles. The van der Waals surface area contributed by atoms with Crippen molar-refractivity contribution in [2.24, 2.45) is 0 Å². The second kappa shape index (κ2) is 50.1. The van der Waals surface area contributed by atoms with Gasteiger partial charge in [0.15, 0.2) is 12.4 Å². The van der Waals surface area contributed by atoms with Gasteiger partial charge in [0.2, 0.25) is 0 Å². The minimum absolute atomic E-state index is 0.143. The minimum atomic E-state index is -1.63. The Bertz CT molecular complexity index is 1340. The lowest BCUT2D eigenvalue weighted by Gasteiger charge is -2.26. The maximum absolute atomic E-state index is 12.8. The Labute approximate surface area is 417 Å². The number of hydrogen-bond acceptors (Lipinski definition) is 8. The minimum Gasteiger partial charge on any atom is -0.545 e. The van der Waals surface area contributed by atoms with Crippen LogP contribution in [0.5, 0.6) is 0 Å². The topological polar surface area (TPSA) is 111 Å². The smallest absolute Gasteiger partial charge is 0.306 e. The van der Waals surface area contributed by atoms with Crippen molar-refractivity contribution in [3.05, 3.63) is 72.9 Å². The fourth-order valence-corrected chi connectivity index (χ4v) is 7.44. The van der Waals surface area contributed by atoms with E-state index in [9.17, 15) is 19.5 Å². The molecule has 2 unspecified atom stereocenters. The van der Waals surface area contributed by atoms with Crippen LogP contribution in [0.3, 0.4) is 0 Å². The number of nitrogens with zero attached hydrogens (tertiary/aromatic N) is 1. The van der Waals surface area contributed by atoms with Gasteiger partial charge in [-0.1, -0.05) is 202 Å². The third-order valence-corrected chi connectivity index (χ3v) is 11.7. The summed E-state index contributed by atoms with van der Waals surface area (Å²) < 4.78 is 22.7. The van der Waals surface area contributed by atoms with E-state index < -0.39 is 24.3 Å². The highest BCUT2D eigenvalue weighted by molar-refractivity contribution is 5.70. The monoisotopic (exact) mass is 954 g/mol. The average molecular weight is 954 g/mol. The highest BCUT2D eigenvalue weighted by Gasteiger charge is 2.22. The van der Waals surface area contributed by atoms with E-state index in [0.29, 0.717) is 17.4 Å². The largest absolute Gasteiger partial charge is 0.545 e. The molecule has 0 saturated heterocycles. The van der Waals surface area contributed by atoms with Crippen molar-refractivity contribution in [2.45, 2.75) is 238 Å². The second-order valence-electron chi connectivity index (χ2n) is 19.5. The van der Waals surface area contributed by atoms with Gasteiger partial charge >= 0.3 is 11.9 Å². The first-order valence-electron chi connectivity index (χ1n) is 27.6. The lowest BCUT2D eigenvalue weighted by molar-refractivity contribution is -0.870. The van der Waals surface area contributed by atoms with Crippen LogP contribution in [0.25, 0.3) is 0 Å². The van der Waals surface area contributed by atoms with Crippen LogP contribution in [0.2, 0.25) is 0 Å². The Hall–Kier alpha value is -3.27. The summed E-state index contributed by atoms with van der Waals surface area (Å²) in [5, 5.41) is 11.8. The summed E-state index contributed by atoms with van der Waals surface area (Å²) >= 11 is 0. The van der Waals surface area contributed by atoms with Crippen molar-refractivity contribution >= 4 is 17.9 Å². The molecule has 0 amide bonds. The van der Waals surface area contributed by atoms with E-state index in [1.165, 1.54) is 109 Å². The molecule has 392 valence electrons. The molecule has 0 bridgehead atoms. The third-order valence-electron chi connectivity index (χ3n) is 11.7. The summed E-state index contributed by atoms with van der Waals surface area (Å²) in [6, 6.07) is 0. The van der Waals surface area contributed by atoms with Gasteiger partial charge in [-0.15, -0.1) is 0 Å². The fraction of sp³-hybridized carbons (Fsp3) is 0.746. The molecular weight excluding hydrogens is 851 g/mol. The first-order valence-corrected chi connectivity index (χ1v) is 27.6. The van der Waals surface area contributed by atoms with Gasteiger partial charge < -0.3 is 33.3 Å².